The number of aliphatic hydroxyl groups excluding tert-OH is 2. The van der Waals surface area contributed by atoms with Crippen LogP contribution in [0.2, 0.25) is 0 Å². The molecule has 1 saturated carbocycles. The van der Waals surface area contributed by atoms with E-state index in [1.54, 1.807) is 34.1 Å². The Hall–Kier alpha value is -4.66. The Balaban J connectivity index is 1.47. The van der Waals surface area contributed by atoms with Crippen LogP contribution in [0, 0.1) is 0 Å². The van der Waals surface area contributed by atoms with Gasteiger partial charge in [0.05, 0.1) is 17.1 Å². The molecule has 8 nitrogen and oxygen atoms in total. The van der Waals surface area contributed by atoms with Crippen LogP contribution >= 0.6 is 0 Å². The van der Waals surface area contributed by atoms with E-state index in [2.05, 4.69) is 0 Å². The van der Waals surface area contributed by atoms with Gasteiger partial charge >= 0.3 is 12.0 Å². The van der Waals surface area contributed by atoms with Crippen molar-refractivity contribution in [2.24, 2.45) is 0 Å². The number of hydrogen-bond donors (Lipinski definition) is 4. The van der Waals surface area contributed by atoms with Gasteiger partial charge in [-0.15, -0.1) is 0 Å². The molecule has 220 valence electrons. The molecule has 5 atom stereocenters. The Morgan fingerprint density at radius 2 is 1.44 bits per heavy atom. The van der Waals surface area contributed by atoms with Crippen molar-refractivity contribution in [3.05, 3.63) is 137 Å². The van der Waals surface area contributed by atoms with Crippen molar-refractivity contribution in [1.29, 1.82) is 0 Å². The van der Waals surface area contributed by atoms with Gasteiger partial charge in [0.15, 0.2) is 0 Å². The Morgan fingerprint density at radius 1 is 0.814 bits per heavy atom. The first-order valence-electron chi connectivity index (χ1n) is 14.5. The number of carbonyl (C=O) groups is 2. The molecule has 4 aromatic rings. The molecular formula is C35H35N3O5. The number of carboxylic acids is 1. The van der Waals surface area contributed by atoms with Crippen molar-refractivity contribution in [2.75, 3.05) is 5.73 Å². The van der Waals surface area contributed by atoms with Crippen molar-refractivity contribution in [1.82, 2.24) is 9.80 Å². The zero-order chi connectivity index (χ0) is 30.1. The molecule has 43 heavy (non-hydrogen) atoms. The quantitative estimate of drug-likeness (QED) is 0.226. The van der Waals surface area contributed by atoms with E-state index < -0.39 is 29.8 Å². The number of carboxylic acid groups (broad SMARTS) is 1. The third kappa shape index (κ3) is 5.47. The molecule has 0 aromatic heterocycles. The van der Waals surface area contributed by atoms with Crippen LogP contribution in [0.25, 0.3) is 0 Å². The van der Waals surface area contributed by atoms with E-state index in [1.807, 2.05) is 78.9 Å². The Bertz CT molecular complexity index is 1610. The number of urea groups is 1. The zero-order valence-corrected chi connectivity index (χ0v) is 23.7. The van der Waals surface area contributed by atoms with Crippen LogP contribution in [0.5, 0.6) is 0 Å². The molecule has 5 N–H and O–H groups in total. The molecule has 8 heteroatoms. The van der Waals surface area contributed by atoms with E-state index in [4.69, 9.17) is 5.73 Å². The number of rotatable bonds is 8. The molecule has 6 rings (SSSR count). The fourth-order valence-corrected chi connectivity index (χ4v) is 6.67. The minimum atomic E-state index is -1.27. The number of nitrogens with two attached hydrogens (primary N) is 1. The van der Waals surface area contributed by atoms with Crippen molar-refractivity contribution < 1.29 is 24.9 Å². The number of hydrogen-bond acceptors (Lipinski definition) is 5. The number of nitrogen functional groups attached to an aromatic ring is 1. The number of aromatic carboxylic acids is 1. The molecule has 1 saturated heterocycles. The van der Waals surface area contributed by atoms with Crippen LogP contribution in [0.15, 0.2) is 109 Å². The molecule has 2 amide bonds. The monoisotopic (exact) mass is 577 g/mol. The molecular weight excluding hydrogens is 542 g/mol. The molecule has 0 bridgehead atoms. The highest BCUT2D eigenvalue weighted by molar-refractivity contribution is 5.87. The maximum absolute atomic E-state index is 14.9. The first kappa shape index (κ1) is 28.5. The van der Waals surface area contributed by atoms with Gasteiger partial charge < -0.3 is 30.9 Å². The number of carbonyl (C=O) groups excluding carboxylic acids is 1. The number of amides is 2. The minimum Gasteiger partial charge on any atom is -0.478 e. The first-order chi connectivity index (χ1) is 20.8. The van der Waals surface area contributed by atoms with Crippen molar-refractivity contribution in [3.8, 4) is 0 Å². The Morgan fingerprint density at radius 3 is 2.12 bits per heavy atom. The number of nitrogens with zero attached hydrogens (tertiary/aromatic N) is 2. The van der Waals surface area contributed by atoms with E-state index in [0.29, 0.717) is 24.1 Å². The second kappa shape index (κ2) is 11.6. The van der Waals surface area contributed by atoms with Crippen LogP contribution in [-0.2, 0) is 19.5 Å². The van der Waals surface area contributed by atoms with Gasteiger partial charge in [0.25, 0.3) is 0 Å². The summed E-state index contributed by atoms with van der Waals surface area (Å²) in [5.74, 6) is -1.25. The van der Waals surface area contributed by atoms with E-state index in [1.165, 1.54) is 6.07 Å². The van der Waals surface area contributed by atoms with Crippen LogP contribution < -0.4 is 5.73 Å². The lowest BCUT2D eigenvalue weighted by atomic mass is 9.90. The lowest BCUT2D eigenvalue weighted by Crippen LogP contribution is -2.52. The van der Waals surface area contributed by atoms with Crippen molar-refractivity contribution in [3.63, 3.8) is 0 Å². The first-order valence-corrected chi connectivity index (χ1v) is 14.5. The fraction of sp³-hybridized carbons (Fsp3) is 0.257. The van der Waals surface area contributed by atoms with Crippen LogP contribution in [0.3, 0.4) is 0 Å². The normalized spacial score (nSPS) is 25.0. The molecule has 4 aromatic carbocycles. The summed E-state index contributed by atoms with van der Waals surface area (Å²) in [7, 11) is 0. The SMILES string of the molecule is Nc1cccc(CN2C(=O)N(Cc3cccc(C(=O)O)c3)[C@H](Cc3ccccc3)[C@H](O)[C@@H](O)C23C[C@@H]3c2ccccc2)c1. The minimum absolute atomic E-state index is 0.0563. The van der Waals surface area contributed by atoms with E-state index in [9.17, 15) is 24.9 Å². The summed E-state index contributed by atoms with van der Waals surface area (Å²) in [4.78, 5) is 29.9. The number of benzene rings is 4. The van der Waals surface area contributed by atoms with Crippen molar-refractivity contribution in [2.45, 2.75) is 55.6 Å². The molecule has 1 aliphatic heterocycles. The maximum Gasteiger partial charge on any atom is 0.335 e. The molecule has 1 heterocycles. The average molecular weight is 578 g/mol. The molecule has 0 radical (unpaired) electrons. The van der Waals surface area contributed by atoms with Crippen LogP contribution in [0.4, 0.5) is 10.5 Å². The molecule has 2 fully saturated rings. The van der Waals surface area contributed by atoms with Gasteiger partial charge in [-0.3, -0.25) is 0 Å². The molecule has 1 unspecified atom stereocenters. The van der Waals surface area contributed by atoms with E-state index >= 15 is 0 Å². The van der Waals surface area contributed by atoms with Gasteiger partial charge in [0.2, 0.25) is 0 Å². The summed E-state index contributed by atoms with van der Waals surface area (Å²) in [6.45, 7) is 0.238. The average Bonchev–Trinajstić information content (AvgIpc) is 3.78. The Kier molecular flexibility index (Phi) is 7.64. The summed E-state index contributed by atoms with van der Waals surface area (Å²) in [6, 6.07) is 32.0. The largest absolute Gasteiger partial charge is 0.478 e. The van der Waals surface area contributed by atoms with Gasteiger partial charge in [0, 0.05) is 24.7 Å². The highest BCUT2D eigenvalue weighted by atomic mass is 16.4. The third-order valence-electron chi connectivity index (χ3n) is 8.89. The van der Waals surface area contributed by atoms with E-state index in [0.717, 1.165) is 16.7 Å². The van der Waals surface area contributed by atoms with Gasteiger partial charge in [-0.25, -0.2) is 9.59 Å². The zero-order valence-electron chi connectivity index (χ0n) is 23.7. The topological polar surface area (TPSA) is 127 Å². The van der Waals surface area contributed by atoms with Gasteiger partial charge in [0.1, 0.15) is 12.2 Å². The second-order valence-electron chi connectivity index (χ2n) is 11.6. The summed E-state index contributed by atoms with van der Waals surface area (Å²) >= 11 is 0. The van der Waals surface area contributed by atoms with Crippen LogP contribution in [0.1, 0.15) is 45.0 Å². The van der Waals surface area contributed by atoms with Crippen molar-refractivity contribution >= 4 is 17.7 Å². The third-order valence-corrected chi connectivity index (χ3v) is 8.89. The highest BCUT2D eigenvalue weighted by Crippen LogP contribution is 2.60. The summed E-state index contributed by atoms with van der Waals surface area (Å²) < 4.78 is 0. The van der Waals surface area contributed by atoms with Gasteiger partial charge in [-0.2, -0.15) is 0 Å². The smallest absolute Gasteiger partial charge is 0.335 e. The van der Waals surface area contributed by atoms with Gasteiger partial charge in [-0.05, 0) is 59.4 Å². The predicted molar refractivity (Wildman–Crippen MR) is 163 cm³/mol. The lowest BCUT2D eigenvalue weighted by Gasteiger charge is -2.36. The molecule has 1 aliphatic carbocycles. The Labute approximate surface area is 250 Å². The van der Waals surface area contributed by atoms with Crippen LogP contribution in [-0.4, -0.2) is 60.9 Å². The highest BCUT2D eigenvalue weighted by Gasteiger charge is 2.68. The van der Waals surface area contributed by atoms with E-state index in [-0.39, 0.29) is 30.6 Å². The standard InChI is InChI=1S/C35H35N3O5/c36-28-16-8-12-25(18-28)22-38-34(43)37(21-24-11-7-15-27(17-24)33(41)42)30(19-23-9-3-1-4-10-23)31(39)32(40)35(38)20-29(35)26-13-5-2-6-14-26/h1-18,29-32,39-40H,19-22,36H2,(H,41,42)/t29-,30-,31+,32-,35?/m1/s1. The summed E-state index contributed by atoms with van der Waals surface area (Å²) in [5.41, 5.74) is 9.05. The molecule has 2 aliphatic rings. The fourth-order valence-electron chi connectivity index (χ4n) is 6.67. The lowest BCUT2D eigenvalue weighted by molar-refractivity contribution is -0.0502. The number of anilines is 1. The summed E-state index contributed by atoms with van der Waals surface area (Å²) in [5, 5.41) is 33.7. The van der Waals surface area contributed by atoms with Gasteiger partial charge in [-0.1, -0.05) is 84.9 Å². The predicted octanol–water partition coefficient (Wildman–Crippen LogP) is 4.66. The number of aliphatic hydroxyl groups is 2. The second-order valence-corrected chi connectivity index (χ2v) is 11.6. The maximum atomic E-state index is 14.9. The summed E-state index contributed by atoms with van der Waals surface area (Å²) in [6.07, 6.45) is -1.72. The molecule has 1 spiro atoms.